The maximum Gasteiger partial charge on any atom is 0.253 e. The van der Waals surface area contributed by atoms with Crippen molar-refractivity contribution in [2.45, 2.75) is 20.3 Å². The fraction of sp³-hybridized carbons (Fsp3) is 0.471. The SMILES string of the molecule is CCOCCN(CC)C(=O)c1cccc(C#CCCO)c1. The minimum Gasteiger partial charge on any atom is -0.395 e. The molecule has 0 aliphatic rings. The van der Waals surface area contributed by atoms with E-state index < -0.39 is 0 Å². The number of hydrogen-bond acceptors (Lipinski definition) is 3. The Morgan fingerprint density at radius 1 is 1.38 bits per heavy atom. The summed E-state index contributed by atoms with van der Waals surface area (Å²) in [5, 5.41) is 8.72. The summed E-state index contributed by atoms with van der Waals surface area (Å²) in [6.45, 7) is 6.37. The Bertz CT molecular complexity index is 502. The summed E-state index contributed by atoms with van der Waals surface area (Å²) in [6.07, 6.45) is 0.438. The van der Waals surface area contributed by atoms with Crippen LogP contribution in [0.5, 0.6) is 0 Å². The van der Waals surface area contributed by atoms with Gasteiger partial charge in [0.25, 0.3) is 5.91 Å². The molecule has 0 atom stereocenters. The molecular weight excluding hydrogens is 266 g/mol. The van der Waals surface area contributed by atoms with Crippen molar-refractivity contribution in [1.82, 2.24) is 4.90 Å². The number of rotatable bonds is 7. The average molecular weight is 289 g/mol. The standard InChI is InChI=1S/C17H23NO3/c1-3-18(11-13-21-4-2)17(20)16-10-7-9-15(14-16)8-5-6-12-19/h7,9-10,14,19H,3-4,6,11-13H2,1-2H3. The molecule has 0 saturated heterocycles. The molecule has 1 rings (SSSR count). The number of aliphatic hydroxyl groups is 1. The summed E-state index contributed by atoms with van der Waals surface area (Å²) in [4.78, 5) is 14.2. The predicted molar refractivity (Wildman–Crippen MR) is 83.1 cm³/mol. The van der Waals surface area contributed by atoms with Gasteiger partial charge in [-0.1, -0.05) is 17.9 Å². The maximum atomic E-state index is 12.4. The molecule has 1 aromatic rings. The smallest absolute Gasteiger partial charge is 0.253 e. The Morgan fingerprint density at radius 2 is 2.19 bits per heavy atom. The Kier molecular flexibility index (Phi) is 8.18. The second-order valence-electron chi connectivity index (χ2n) is 4.44. The third-order valence-electron chi connectivity index (χ3n) is 2.96. The van der Waals surface area contributed by atoms with Crippen LogP contribution in [0.2, 0.25) is 0 Å². The molecule has 0 unspecified atom stereocenters. The van der Waals surface area contributed by atoms with Gasteiger partial charge in [-0.05, 0) is 32.0 Å². The van der Waals surface area contributed by atoms with E-state index in [2.05, 4.69) is 11.8 Å². The van der Waals surface area contributed by atoms with Crippen LogP contribution >= 0.6 is 0 Å². The predicted octanol–water partition coefficient (Wildman–Crippen LogP) is 1.92. The van der Waals surface area contributed by atoms with Crippen molar-refractivity contribution >= 4 is 5.91 Å². The zero-order valence-electron chi connectivity index (χ0n) is 12.8. The van der Waals surface area contributed by atoms with E-state index in [1.807, 2.05) is 26.0 Å². The maximum absolute atomic E-state index is 12.4. The van der Waals surface area contributed by atoms with Gasteiger partial charge in [0.05, 0.1) is 13.2 Å². The summed E-state index contributed by atoms with van der Waals surface area (Å²) in [5.74, 6) is 5.79. The van der Waals surface area contributed by atoms with Crippen LogP contribution < -0.4 is 0 Å². The normalized spacial score (nSPS) is 9.86. The molecule has 1 aromatic carbocycles. The molecule has 21 heavy (non-hydrogen) atoms. The molecule has 0 aromatic heterocycles. The lowest BCUT2D eigenvalue weighted by atomic mass is 10.1. The molecule has 0 radical (unpaired) electrons. The lowest BCUT2D eigenvalue weighted by Crippen LogP contribution is -2.33. The average Bonchev–Trinajstić information content (AvgIpc) is 2.52. The first-order valence-electron chi connectivity index (χ1n) is 7.29. The Labute approximate surface area is 126 Å². The number of amides is 1. The van der Waals surface area contributed by atoms with Crippen LogP contribution in [-0.4, -0.2) is 48.8 Å². The molecule has 0 spiro atoms. The number of likely N-dealkylation sites (N-methyl/N-ethyl adjacent to an activating group) is 1. The Morgan fingerprint density at radius 3 is 2.86 bits per heavy atom. The van der Waals surface area contributed by atoms with Gasteiger partial charge in [0.15, 0.2) is 0 Å². The van der Waals surface area contributed by atoms with Crippen LogP contribution in [0.3, 0.4) is 0 Å². The summed E-state index contributed by atoms with van der Waals surface area (Å²) < 4.78 is 5.30. The Hall–Kier alpha value is -1.83. The highest BCUT2D eigenvalue weighted by molar-refractivity contribution is 5.94. The van der Waals surface area contributed by atoms with Crippen molar-refractivity contribution in [3.63, 3.8) is 0 Å². The van der Waals surface area contributed by atoms with E-state index in [1.54, 1.807) is 17.0 Å². The number of aliphatic hydroxyl groups excluding tert-OH is 1. The van der Waals surface area contributed by atoms with Crippen LogP contribution in [0, 0.1) is 11.8 Å². The molecule has 114 valence electrons. The largest absolute Gasteiger partial charge is 0.395 e. The first-order valence-corrected chi connectivity index (χ1v) is 7.29. The summed E-state index contributed by atoms with van der Waals surface area (Å²) in [6, 6.07) is 7.27. The molecule has 4 heteroatoms. The molecule has 4 nitrogen and oxygen atoms in total. The van der Waals surface area contributed by atoms with Gasteiger partial charge < -0.3 is 14.7 Å². The van der Waals surface area contributed by atoms with E-state index >= 15 is 0 Å². The van der Waals surface area contributed by atoms with Crippen LogP contribution in [-0.2, 0) is 4.74 Å². The lowest BCUT2D eigenvalue weighted by molar-refractivity contribution is 0.0669. The van der Waals surface area contributed by atoms with E-state index in [-0.39, 0.29) is 12.5 Å². The minimum absolute atomic E-state index is 0.0111. The number of nitrogens with zero attached hydrogens (tertiary/aromatic N) is 1. The van der Waals surface area contributed by atoms with Gasteiger partial charge in [-0.3, -0.25) is 4.79 Å². The van der Waals surface area contributed by atoms with E-state index in [1.165, 1.54) is 0 Å². The van der Waals surface area contributed by atoms with E-state index in [4.69, 9.17) is 9.84 Å². The van der Waals surface area contributed by atoms with Crippen molar-refractivity contribution < 1.29 is 14.6 Å². The molecule has 0 aliphatic carbocycles. The summed E-state index contributed by atoms with van der Waals surface area (Å²) in [7, 11) is 0. The van der Waals surface area contributed by atoms with Crippen LogP contribution in [0.4, 0.5) is 0 Å². The number of carbonyl (C=O) groups excluding carboxylic acids is 1. The monoisotopic (exact) mass is 289 g/mol. The van der Waals surface area contributed by atoms with Crippen LogP contribution in [0.1, 0.15) is 36.2 Å². The van der Waals surface area contributed by atoms with Crippen molar-refractivity contribution in [3.8, 4) is 11.8 Å². The highest BCUT2D eigenvalue weighted by atomic mass is 16.5. The number of ether oxygens (including phenoxy) is 1. The fourth-order valence-electron chi connectivity index (χ4n) is 1.86. The first-order chi connectivity index (χ1) is 10.2. The molecule has 0 saturated carbocycles. The molecule has 1 N–H and O–H groups in total. The third kappa shape index (κ3) is 5.99. The van der Waals surface area contributed by atoms with Crippen molar-refractivity contribution in [3.05, 3.63) is 35.4 Å². The molecular formula is C17H23NO3. The van der Waals surface area contributed by atoms with Gasteiger partial charge in [0.1, 0.15) is 0 Å². The fourth-order valence-corrected chi connectivity index (χ4v) is 1.86. The third-order valence-corrected chi connectivity index (χ3v) is 2.96. The number of carbonyl (C=O) groups is 1. The zero-order valence-corrected chi connectivity index (χ0v) is 12.8. The quantitative estimate of drug-likeness (QED) is 0.616. The molecule has 0 bridgehead atoms. The number of hydrogen-bond donors (Lipinski definition) is 1. The summed E-state index contributed by atoms with van der Waals surface area (Å²) >= 11 is 0. The van der Waals surface area contributed by atoms with Gasteiger partial charge in [0.2, 0.25) is 0 Å². The van der Waals surface area contributed by atoms with Crippen LogP contribution in [0.25, 0.3) is 0 Å². The molecule has 0 aliphatic heterocycles. The summed E-state index contributed by atoms with van der Waals surface area (Å²) in [5.41, 5.74) is 1.42. The van der Waals surface area contributed by atoms with Crippen molar-refractivity contribution in [2.24, 2.45) is 0 Å². The zero-order chi connectivity index (χ0) is 15.5. The minimum atomic E-state index is -0.0111. The van der Waals surface area contributed by atoms with Crippen molar-refractivity contribution in [1.29, 1.82) is 0 Å². The number of benzene rings is 1. The molecule has 0 fully saturated rings. The Balaban J connectivity index is 2.76. The van der Waals surface area contributed by atoms with E-state index in [9.17, 15) is 4.79 Å². The van der Waals surface area contributed by atoms with Gasteiger partial charge in [-0.2, -0.15) is 0 Å². The van der Waals surface area contributed by atoms with E-state index in [0.717, 1.165) is 5.56 Å². The highest BCUT2D eigenvalue weighted by Gasteiger charge is 2.13. The lowest BCUT2D eigenvalue weighted by Gasteiger charge is -2.20. The van der Waals surface area contributed by atoms with Gasteiger partial charge >= 0.3 is 0 Å². The van der Waals surface area contributed by atoms with Crippen LogP contribution in [0.15, 0.2) is 24.3 Å². The van der Waals surface area contributed by atoms with Crippen molar-refractivity contribution in [2.75, 3.05) is 32.9 Å². The second-order valence-corrected chi connectivity index (χ2v) is 4.44. The topological polar surface area (TPSA) is 49.8 Å². The van der Waals surface area contributed by atoms with Gasteiger partial charge in [-0.25, -0.2) is 0 Å². The van der Waals surface area contributed by atoms with E-state index in [0.29, 0.717) is 38.3 Å². The van der Waals surface area contributed by atoms with Gasteiger partial charge in [0, 0.05) is 37.2 Å². The first kappa shape index (κ1) is 17.2. The molecule has 1 amide bonds. The second kappa shape index (κ2) is 9.98. The van der Waals surface area contributed by atoms with Gasteiger partial charge in [-0.15, -0.1) is 0 Å². The molecule has 0 heterocycles. The highest BCUT2D eigenvalue weighted by Crippen LogP contribution is 2.08.